The van der Waals surface area contributed by atoms with Crippen molar-refractivity contribution < 1.29 is 4.79 Å². The Balaban J connectivity index is 1.93. The number of benzene rings is 1. The van der Waals surface area contributed by atoms with Crippen LogP contribution in [0.25, 0.3) is 0 Å². The fourth-order valence-electron chi connectivity index (χ4n) is 3.22. The van der Waals surface area contributed by atoms with Crippen LogP contribution < -0.4 is 5.32 Å². The summed E-state index contributed by atoms with van der Waals surface area (Å²) < 4.78 is 0. The predicted molar refractivity (Wildman–Crippen MR) is 75.7 cm³/mol. The van der Waals surface area contributed by atoms with E-state index in [0.717, 1.165) is 38.8 Å². The molecule has 1 aliphatic heterocycles. The molecule has 3 rings (SSSR count). The number of amides is 1. The first-order valence-corrected chi connectivity index (χ1v) is 7.28. The quantitative estimate of drug-likeness (QED) is 0.901. The molecule has 2 fully saturated rings. The minimum atomic E-state index is -0.105. The molecule has 1 heterocycles. The lowest BCUT2D eigenvalue weighted by atomic mass is 9.80. The van der Waals surface area contributed by atoms with Gasteiger partial charge < -0.3 is 10.2 Å². The molecule has 3 heteroatoms. The number of hydrogen-bond acceptors (Lipinski definition) is 2. The van der Waals surface area contributed by atoms with Crippen LogP contribution in [0.3, 0.4) is 0 Å². The molecule has 1 aromatic carbocycles. The molecule has 2 aliphatic rings. The second kappa shape index (κ2) is 4.97. The Hall–Kier alpha value is -1.35. The fraction of sp³-hybridized carbons (Fsp3) is 0.562. The second-order valence-corrected chi connectivity index (χ2v) is 5.82. The topological polar surface area (TPSA) is 32.3 Å². The fourth-order valence-corrected chi connectivity index (χ4v) is 3.22. The third kappa shape index (κ3) is 2.27. The molecule has 1 saturated heterocycles. The maximum Gasteiger partial charge on any atom is 0.226 e. The number of rotatable bonds is 3. The van der Waals surface area contributed by atoms with Gasteiger partial charge in [0.25, 0.3) is 0 Å². The van der Waals surface area contributed by atoms with E-state index in [4.69, 9.17) is 0 Å². The minimum Gasteiger partial charge on any atom is -0.336 e. The van der Waals surface area contributed by atoms with Gasteiger partial charge in [0.2, 0.25) is 5.91 Å². The highest BCUT2D eigenvalue weighted by Crippen LogP contribution is 2.40. The molecule has 1 N–H and O–H groups in total. The molecular weight excluding hydrogens is 236 g/mol. The maximum absolute atomic E-state index is 12.5. The van der Waals surface area contributed by atoms with Crippen LogP contribution in [-0.4, -0.2) is 30.9 Å². The summed E-state index contributed by atoms with van der Waals surface area (Å²) in [5, 5.41) is 3.41. The molecule has 1 aromatic rings. The first kappa shape index (κ1) is 12.7. The van der Waals surface area contributed by atoms with Gasteiger partial charge in [0.1, 0.15) is 0 Å². The van der Waals surface area contributed by atoms with Crippen molar-refractivity contribution in [1.82, 2.24) is 10.2 Å². The molecule has 0 bridgehead atoms. The van der Waals surface area contributed by atoms with Crippen LogP contribution in [0.1, 0.15) is 31.2 Å². The van der Waals surface area contributed by atoms with Crippen LogP contribution in [0.4, 0.5) is 0 Å². The molecule has 3 nitrogen and oxygen atoms in total. The monoisotopic (exact) mass is 258 g/mol. The average Bonchev–Trinajstić information content (AvgIpc) is 3.32. The summed E-state index contributed by atoms with van der Waals surface area (Å²) in [7, 11) is 2.00. The number of nitrogens with one attached hydrogen (secondary N) is 1. The zero-order chi connectivity index (χ0) is 13.3. The largest absolute Gasteiger partial charge is 0.336 e. The van der Waals surface area contributed by atoms with Gasteiger partial charge in [0.05, 0.1) is 5.54 Å². The summed E-state index contributed by atoms with van der Waals surface area (Å²) in [5.41, 5.74) is 1.18. The van der Waals surface area contributed by atoms with E-state index in [0.29, 0.717) is 11.8 Å². The van der Waals surface area contributed by atoms with Gasteiger partial charge in [0.15, 0.2) is 0 Å². The first-order chi connectivity index (χ1) is 9.24. The molecule has 1 aliphatic carbocycles. The van der Waals surface area contributed by atoms with Gasteiger partial charge in [-0.2, -0.15) is 0 Å². The van der Waals surface area contributed by atoms with E-state index in [-0.39, 0.29) is 5.54 Å². The highest BCUT2D eigenvalue weighted by molar-refractivity contribution is 5.81. The summed E-state index contributed by atoms with van der Waals surface area (Å²) in [6, 6.07) is 10.5. The van der Waals surface area contributed by atoms with Crippen molar-refractivity contribution in [3.8, 4) is 0 Å². The van der Waals surface area contributed by atoms with Gasteiger partial charge in [-0.15, -0.1) is 0 Å². The van der Waals surface area contributed by atoms with Crippen molar-refractivity contribution in [3.63, 3.8) is 0 Å². The molecule has 19 heavy (non-hydrogen) atoms. The lowest BCUT2D eigenvalue weighted by molar-refractivity contribution is -0.138. The van der Waals surface area contributed by atoms with Crippen LogP contribution in [0, 0.1) is 5.92 Å². The van der Waals surface area contributed by atoms with Crippen LogP contribution in [0.5, 0.6) is 0 Å². The number of hydrogen-bond donors (Lipinski definition) is 1. The van der Waals surface area contributed by atoms with Crippen molar-refractivity contribution >= 4 is 5.91 Å². The SMILES string of the molecule is CN(C(=O)C1CC1)C1(c2ccccc2)CCNCC1. The van der Waals surface area contributed by atoms with Crippen molar-refractivity contribution in [2.75, 3.05) is 20.1 Å². The van der Waals surface area contributed by atoms with Crippen molar-refractivity contribution in [3.05, 3.63) is 35.9 Å². The highest BCUT2D eigenvalue weighted by Gasteiger charge is 2.44. The Kier molecular flexibility index (Phi) is 3.31. The lowest BCUT2D eigenvalue weighted by Gasteiger charge is -2.45. The second-order valence-electron chi connectivity index (χ2n) is 5.82. The summed E-state index contributed by atoms with van der Waals surface area (Å²) in [4.78, 5) is 14.5. The van der Waals surface area contributed by atoms with Gasteiger partial charge in [-0.05, 0) is 44.3 Å². The Morgan fingerprint density at radius 3 is 2.42 bits per heavy atom. The Labute approximate surface area is 115 Å². The van der Waals surface area contributed by atoms with Crippen LogP contribution >= 0.6 is 0 Å². The molecule has 0 aromatic heterocycles. The van der Waals surface area contributed by atoms with Crippen LogP contribution in [0.15, 0.2) is 30.3 Å². The van der Waals surface area contributed by atoms with E-state index >= 15 is 0 Å². The normalized spacial score (nSPS) is 21.9. The van der Waals surface area contributed by atoms with E-state index in [2.05, 4.69) is 29.6 Å². The summed E-state index contributed by atoms with van der Waals surface area (Å²) >= 11 is 0. The summed E-state index contributed by atoms with van der Waals surface area (Å²) in [5.74, 6) is 0.631. The zero-order valence-electron chi connectivity index (χ0n) is 11.6. The number of carbonyl (C=O) groups excluding carboxylic acids is 1. The van der Waals surface area contributed by atoms with E-state index in [1.807, 2.05) is 18.0 Å². The highest BCUT2D eigenvalue weighted by atomic mass is 16.2. The Morgan fingerprint density at radius 2 is 1.84 bits per heavy atom. The van der Waals surface area contributed by atoms with Crippen molar-refractivity contribution in [2.24, 2.45) is 5.92 Å². The van der Waals surface area contributed by atoms with Crippen LogP contribution in [-0.2, 0) is 10.3 Å². The zero-order valence-corrected chi connectivity index (χ0v) is 11.6. The van der Waals surface area contributed by atoms with Crippen LogP contribution in [0.2, 0.25) is 0 Å². The molecule has 1 saturated carbocycles. The van der Waals surface area contributed by atoms with E-state index in [1.165, 1.54) is 5.56 Å². The van der Waals surface area contributed by atoms with Gasteiger partial charge >= 0.3 is 0 Å². The minimum absolute atomic E-state index is 0.105. The van der Waals surface area contributed by atoms with Gasteiger partial charge in [-0.3, -0.25) is 4.79 Å². The summed E-state index contributed by atoms with van der Waals surface area (Å²) in [6.07, 6.45) is 4.16. The molecule has 0 spiro atoms. The van der Waals surface area contributed by atoms with E-state index in [9.17, 15) is 4.79 Å². The number of piperidine rings is 1. The predicted octanol–water partition coefficient (Wildman–Crippen LogP) is 2.13. The Bertz CT molecular complexity index is 447. The third-order valence-corrected chi connectivity index (χ3v) is 4.64. The smallest absolute Gasteiger partial charge is 0.226 e. The molecular formula is C16H22N2O. The number of nitrogens with zero attached hydrogens (tertiary/aromatic N) is 1. The average molecular weight is 258 g/mol. The molecule has 102 valence electrons. The number of carbonyl (C=O) groups is 1. The molecule has 0 unspecified atom stereocenters. The van der Waals surface area contributed by atoms with E-state index in [1.54, 1.807) is 0 Å². The Morgan fingerprint density at radius 1 is 1.21 bits per heavy atom. The van der Waals surface area contributed by atoms with Crippen molar-refractivity contribution in [2.45, 2.75) is 31.2 Å². The van der Waals surface area contributed by atoms with Gasteiger partial charge in [-0.25, -0.2) is 0 Å². The molecule has 1 amide bonds. The third-order valence-electron chi connectivity index (χ3n) is 4.64. The van der Waals surface area contributed by atoms with E-state index < -0.39 is 0 Å². The standard InChI is InChI=1S/C16H22N2O/c1-18(15(19)13-7-8-13)16(9-11-17-12-10-16)14-5-3-2-4-6-14/h2-6,13,17H,7-12H2,1H3. The van der Waals surface area contributed by atoms with Crippen molar-refractivity contribution in [1.29, 1.82) is 0 Å². The summed E-state index contributed by atoms with van der Waals surface area (Å²) in [6.45, 7) is 1.97. The lowest BCUT2D eigenvalue weighted by Crippen LogP contribution is -2.53. The molecule has 0 radical (unpaired) electrons. The first-order valence-electron chi connectivity index (χ1n) is 7.28. The maximum atomic E-state index is 12.5. The van der Waals surface area contributed by atoms with Gasteiger partial charge in [0, 0.05) is 13.0 Å². The molecule has 0 atom stereocenters. The van der Waals surface area contributed by atoms with Gasteiger partial charge in [-0.1, -0.05) is 30.3 Å².